The zero-order valence-electron chi connectivity index (χ0n) is 12.0. The van der Waals surface area contributed by atoms with Gasteiger partial charge in [-0.3, -0.25) is 0 Å². The van der Waals surface area contributed by atoms with Crippen molar-refractivity contribution >= 4 is 0 Å². The molecule has 114 valence electrons. The second-order valence-corrected chi connectivity index (χ2v) is 4.82. The van der Waals surface area contributed by atoms with Gasteiger partial charge in [-0.2, -0.15) is 13.2 Å². The van der Waals surface area contributed by atoms with Crippen molar-refractivity contribution < 1.29 is 17.9 Å². The summed E-state index contributed by atoms with van der Waals surface area (Å²) in [4.78, 5) is 0. The quantitative estimate of drug-likeness (QED) is 0.713. The van der Waals surface area contributed by atoms with Crippen LogP contribution in [-0.2, 0) is 0 Å². The lowest BCUT2D eigenvalue weighted by Crippen LogP contribution is -2.19. The maximum absolute atomic E-state index is 12.0. The third-order valence-electron chi connectivity index (χ3n) is 2.93. The molecule has 0 amide bonds. The van der Waals surface area contributed by atoms with Crippen molar-refractivity contribution in [3.05, 3.63) is 29.8 Å². The summed E-state index contributed by atoms with van der Waals surface area (Å²) < 4.78 is 41.4. The highest BCUT2D eigenvalue weighted by atomic mass is 19.4. The fraction of sp³-hybridized carbons (Fsp3) is 0.600. The Morgan fingerprint density at radius 2 is 2.05 bits per heavy atom. The Morgan fingerprint density at radius 1 is 1.30 bits per heavy atom. The van der Waals surface area contributed by atoms with E-state index in [0.29, 0.717) is 5.75 Å². The Hall–Kier alpha value is -1.23. The predicted molar refractivity (Wildman–Crippen MR) is 73.9 cm³/mol. The van der Waals surface area contributed by atoms with E-state index in [0.717, 1.165) is 18.5 Å². The second-order valence-electron chi connectivity index (χ2n) is 4.82. The van der Waals surface area contributed by atoms with Gasteiger partial charge in [0.1, 0.15) is 5.75 Å². The fourth-order valence-corrected chi connectivity index (χ4v) is 1.82. The van der Waals surface area contributed by atoms with Gasteiger partial charge in [-0.15, -0.1) is 0 Å². The van der Waals surface area contributed by atoms with E-state index >= 15 is 0 Å². The zero-order chi connectivity index (χ0) is 15.0. The predicted octanol–water partition coefficient (Wildman–Crippen LogP) is 4.47. The second kappa shape index (κ2) is 8.15. The summed E-state index contributed by atoms with van der Waals surface area (Å²) in [7, 11) is 0. The van der Waals surface area contributed by atoms with Crippen LogP contribution in [0.2, 0.25) is 0 Å². The largest absolute Gasteiger partial charge is 0.494 e. The molecular weight excluding hydrogens is 267 g/mol. The van der Waals surface area contributed by atoms with E-state index in [-0.39, 0.29) is 19.1 Å². The Morgan fingerprint density at radius 3 is 2.70 bits per heavy atom. The number of halogens is 3. The molecule has 0 aliphatic heterocycles. The van der Waals surface area contributed by atoms with E-state index < -0.39 is 12.6 Å². The third-order valence-corrected chi connectivity index (χ3v) is 2.93. The van der Waals surface area contributed by atoms with Gasteiger partial charge in [0, 0.05) is 12.5 Å². The summed E-state index contributed by atoms with van der Waals surface area (Å²) in [6.07, 6.45) is -3.87. The molecule has 0 aliphatic carbocycles. The number of ether oxygens (including phenoxy) is 1. The van der Waals surface area contributed by atoms with Crippen molar-refractivity contribution in [3.8, 4) is 5.75 Å². The maximum atomic E-state index is 12.0. The lowest BCUT2D eigenvalue weighted by Gasteiger charge is -2.15. The highest BCUT2D eigenvalue weighted by Gasteiger charge is 2.26. The molecule has 0 heterocycles. The molecule has 1 unspecified atom stereocenters. The molecule has 0 bridgehead atoms. The summed E-state index contributed by atoms with van der Waals surface area (Å²) in [5, 5.41) is 3.36. The molecule has 1 aromatic carbocycles. The number of alkyl halides is 3. The average Bonchev–Trinajstić information content (AvgIpc) is 2.40. The Balaban J connectivity index is 2.43. The van der Waals surface area contributed by atoms with Gasteiger partial charge in [-0.25, -0.2) is 0 Å². The van der Waals surface area contributed by atoms with Crippen LogP contribution in [0, 0.1) is 0 Å². The van der Waals surface area contributed by atoms with Crippen LogP contribution in [0.3, 0.4) is 0 Å². The van der Waals surface area contributed by atoms with E-state index in [2.05, 4.69) is 19.2 Å². The maximum Gasteiger partial charge on any atom is 0.389 e. The van der Waals surface area contributed by atoms with Gasteiger partial charge in [0.25, 0.3) is 0 Å². The van der Waals surface area contributed by atoms with Crippen LogP contribution in [0.4, 0.5) is 13.2 Å². The van der Waals surface area contributed by atoms with Crippen LogP contribution < -0.4 is 10.1 Å². The first-order chi connectivity index (χ1) is 9.42. The zero-order valence-corrected chi connectivity index (χ0v) is 12.0. The highest BCUT2D eigenvalue weighted by molar-refractivity contribution is 5.30. The molecule has 0 saturated heterocycles. The van der Waals surface area contributed by atoms with E-state index in [1.165, 1.54) is 0 Å². The Labute approximate surface area is 118 Å². The van der Waals surface area contributed by atoms with Crippen molar-refractivity contribution in [3.63, 3.8) is 0 Å². The molecule has 0 spiro atoms. The van der Waals surface area contributed by atoms with Gasteiger partial charge < -0.3 is 10.1 Å². The number of nitrogens with one attached hydrogen (secondary N) is 1. The molecular formula is C15H22F3NO. The van der Waals surface area contributed by atoms with Crippen LogP contribution in [0.5, 0.6) is 5.75 Å². The minimum absolute atomic E-state index is 0.0165. The Kier molecular flexibility index (Phi) is 6.85. The first-order valence-corrected chi connectivity index (χ1v) is 6.95. The standard InChI is InChI=1S/C15H22F3NO/c1-3-9-19-12(2)13-6-4-7-14(11-13)20-10-5-8-15(16,17)18/h4,6-7,11-12,19H,3,5,8-10H2,1-2H3. The van der Waals surface area contributed by atoms with E-state index in [4.69, 9.17) is 4.74 Å². The SMILES string of the molecule is CCCNC(C)c1cccc(OCCCC(F)(F)F)c1. The summed E-state index contributed by atoms with van der Waals surface area (Å²) in [6, 6.07) is 7.69. The number of hydrogen-bond donors (Lipinski definition) is 1. The minimum Gasteiger partial charge on any atom is -0.494 e. The number of hydrogen-bond acceptors (Lipinski definition) is 2. The van der Waals surface area contributed by atoms with E-state index in [1.807, 2.05) is 18.2 Å². The van der Waals surface area contributed by atoms with Gasteiger partial charge in [0.15, 0.2) is 0 Å². The first kappa shape index (κ1) is 16.8. The van der Waals surface area contributed by atoms with E-state index in [9.17, 15) is 13.2 Å². The smallest absolute Gasteiger partial charge is 0.389 e. The average molecular weight is 289 g/mol. The molecule has 1 rings (SSSR count). The van der Waals surface area contributed by atoms with Crippen molar-refractivity contribution in [2.24, 2.45) is 0 Å². The fourth-order valence-electron chi connectivity index (χ4n) is 1.82. The van der Waals surface area contributed by atoms with E-state index in [1.54, 1.807) is 6.07 Å². The summed E-state index contributed by atoms with van der Waals surface area (Å²) in [6.45, 7) is 5.16. The molecule has 0 fully saturated rings. The lowest BCUT2D eigenvalue weighted by atomic mass is 10.1. The minimum atomic E-state index is -4.11. The number of rotatable bonds is 8. The monoisotopic (exact) mass is 289 g/mol. The van der Waals surface area contributed by atoms with Gasteiger partial charge in [-0.05, 0) is 44.0 Å². The topological polar surface area (TPSA) is 21.3 Å². The molecule has 1 aromatic rings. The molecule has 0 radical (unpaired) electrons. The normalized spacial score (nSPS) is 13.2. The lowest BCUT2D eigenvalue weighted by molar-refractivity contribution is -0.136. The third kappa shape index (κ3) is 6.80. The molecule has 0 saturated carbocycles. The van der Waals surface area contributed by atoms with Gasteiger partial charge in [0.2, 0.25) is 0 Å². The molecule has 1 N–H and O–H groups in total. The van der Waals surface area contributed by atoms with Crippen LogP contribution in [0.1, 0.15) is 44.7 Å². The summed E-state index contributed by atoms with van der Waals surface area (Å²) >= 11 is 0. The molecule has 5 heteroatoms. The molecule has 20 heavy (non-hydrogen) atoms. The molecule has 0 aliphatic rings. The van der Waals surface area contributed by atoms with Crippen LogP contribution in [-0.4, -0.2) is 19.3 Å². The summed E-state index contributed by atoms with van der Waals surface area (Å²) in [5.74, 6) is 0.620. The van der Waals surface area contributed by atoms with Crippen LogP contribution in [0.25, 0.3) is 0 Å². The highest BCUT2D eigenvalue weighted by Crippen LogP contribution is 2.22. The van der Waals surface area contributed by atoms with Crippen molar-refractivity contribution in [1.29, 1.82) is 0 Å². The molecule has 0 aromatic heterocycles. The molecule has 2 nitrogen and oxygen atoms in total. The van der Waals surface area contributed by atoms with Crippen molar-refractivity contribution in [1.82, 2.24) is 5.32 Å². The van der Waals surface area contributed by atoms with Crippen LogP contribution in [0.15, 0.2) is 24.3 Å². The van der Waals surface area contributed by atoms with Gasteiger partial charge in [-0.1, -0.05) is 19.1 Å². The first-order valence-electron chi connectivity index (χ1n) is 6.95. The van der Waals surface area contributed by atoms with Gasteiger partial charge >= 0.3 is 6.18 Å². The molecule has 1 atom stereocenters. The van der Waals surface area contributed by atoms with Crippen LogP contribution >= 0.6 is 0 Å². The van der Waals surface area contributed by atoms with Crippen molar-refractivity contribution in [2.75, 3.05) is 13.2 Å². The Bertz CT molecular complexity index is 393. The summed E-state index contributed by atoms with van der Waals surface area (Å²) in [5.41, 5.74) is 1.08. The van der Waals surface area contributed by atoms with Crippen molar-refractivity contribution in [2.45, 2.75) is 45.3 Å². The number of benzene rings is 1. The van der Waals surface area contributed by atoms with Gasteiger partial charge in [0.05, 0.1) is 6.61 Å².